The van der Waals surface area contributed by atoms with Crippen molar-refractivity contribution in [2.24, 2.45) is 0 Å². The van der Waals surface area contributed by atoms with E-state index in [2.05, 4.69) is 10.1 Å². The average Bonchev–Trinajstić information content (AvgIpc) is 2.78. The van der Waals surface area contributed by atoms with Crippen LogP contribution >= 0.6 is 22.6 Å². The summed E-state index contributed by atoms with van der Waals surface area (Å²) in [4.78, 5) is 25.4. The molecule has 0 fully saturated rings. The number of hydrogen-bond donors (Lipinski definition) is 1. The number of aromatic amines is 1. The number of hydrogen-bond acceptors (Lipinski definition) is 3. The summed E-state index contributed by atoms with van der Waals surface area (Å²) < 4.78 is 3.87. The van der Waals surface area contributed by atoms with Crippen molar-refractivity contribution in [3.05, 3.63) is 48.1 Å². The Kier molecular flexibility index (Phi) is 4.23. The molecule has 7 heteroatoms. The number of aryl methyl sites for hydroxylation is 2. The summed E-state index contributed by atoms with van der Waals surface area (Å²) in [6.07, 6.45) is 2.43. The molecule has 0 aliphatic carbocycles. The SMILES string of the molecule is CCc1cc(Cn2cc(I)c(=O)[nH]c2=O)n(CC)n1. The molecule has 0 atom stereocenters. The Morgan fingerprint density at radius 3 is 2.74 bits per heavy atom. The Balaban J connectivity index is 2.41. The molecule has 0 spiro atoms. The lowest BCUT2D eigenvalue weighted by Gasteiger charge is -2.07. The van der Waals surface area contributed by atoms with Gasteiger partial charge in [0.25, 0.3) is 5.56 Å². The first-order valence-corrected chi connectivity index (χ1v) is 7.17. The van der Waals surface area contributed by atoms with Crippen LogP contribution in [-0.2, 0) is 19.5 Å². The summed E-state index contributed by atoms with van der Waals surface area (Å²) in [5.74, 6) is 0. The van der Waals surface area contributed by atoms with E-state index in [0.29, 0.717) is 10.1 Å². The summed E-state index contributed by atoms with van der Waals surface area (Å²) in [5, 5.41) is 4.44. The smallest absolute Gasteiger partial charge is 0.294 e. The van der Waals surface area contributed by atoms with Crippen LogP contribution in [0.5, 0.6) is 0 Å². The molecule has 1 N–H and O–H groups in total. The van der Waals surface area contributed by atoms with E-state index in [1.807, 2.05) is 47.2 Å². The van der Waals surface area contributed by atoms with Crippen molar-refractivity contribution in [1.29, 1.82) is 0 Å². The third-order valence-electron chi connectivity index (χ3n) is 2.88. The Labute approximate surface area is 123 Å². The van der Waals surface area contributed by atoms with Crippen LogP contribution in [0.15, 0.2) is 21.9 Å². The van der Waals surface area contributed by atoms with Crippen molar-refractivity contribution in [2.75, 3.05) is 0 Å². The molecule has 0 unspecified atom stereocenters. The summed E-state index contributed by atoms with van der Waals surface area (Å²) in [5.41, 5.74) is 1.22. The van der Waals surface area contributed by atoms with E-state index < -0.39 is 5.69 Å². The Bertz CT molecular complexity index is 698. The molecule has 0 aromatic carbocycles. The highest BCUT2D eigenvalue weighted by molar-refractivity contribution is 14.1. The van der Waals surface area contributed by atoms with Crippen LogP contribution in [0.1, 0.15) is 25.2 Å². The minimum Gasteiger partial charge on any atom is -0.294 e. The van der Waals surface area contributed by atoms with Crippen LogP contribution in [0, 0.1) is 3.57 Å². The van der Waals surface area contributed by atoms with Gasteiger partial charge in [-0.1, -0.05) is 6.92 Å². The Hall–Kier alpha value is -1.38. The molecule has 0 amide bonds. The maximum atomic E-state index is 11.7. The lowest BCUT2D eigenvalue weighted by Crippen LogP contribution is -2.31. The van der Waals surface area contributed by atoms with Gasteiger partial charge >= 0.3 is 5.69 Å². The number of nitrogens with one attached hydrogen (secondary N) is 1. The molecular weight excluding hydrogens is 359 g/mol. The van der Waals surface area contributed by atoms with E-state index in [4.69, 9.17) is 0 Å². The lowest BCUT2D eigenvalue weighted by atomic mass is 10.3. The fraction of sp³-hybridized carbons (Fsp3) is 0.417. The lowest BCUT2D eigenvalue weighted by molar-refractivity contribution is 0.583. The molecule has 102 valence electrons. The van der Waals surface area contributed by atoms with Crippen LogP contribution in [-0.4, -0.2) is 19.3 Å². The van der Waals surface area contributed by atoms with Crippen molar-refractivity contribution in [1.82, 2.24) is 19.3 Å². The molecule has 2 aromatic heterocycles. The molecule has 0 saturated carbocycles. The van der Waals surface area contributed by atoms with Gasteiger partial charge in [0.1, 0.15) is 0 Å². The molecule has 0 aliphatic heterocycles. The van der Waals surface area contributed by atoms with Gasteiger partial charge in [-0.05, 0) is 42.0 Å². The maximum Gasteiger partial charge on any atom is 0.328 e. The zero-order chi connectivity index (χ0) is 14.0. The normalized spacial score (nSPS) is 10.9. The topological polar surface area (TPSA) is 72.7 Å². The predicted molar refractivity (Wildman–Crippen MR) is 80.4 cm³/mol. The second kappa shape index (κ2) is 5.72. The highest BCUT2D eigenvalue weighted by atomic mass is 127. The second-order valence-electron chi connectivity index (χ2n) is 4.16. The quantitative estimate of drug-likeness (QED) is 0.811. The fourth-order valence-corrected chi connectivity index (χ4v) is 2.33. The van der Waals surface area contributed by atoms with E-state index in [1.165, 1.54) is 4.57 Å². The predicted octanol–water partition coefficient (Wildman–Crippen LogP) is 0.968. The van der Waals surface area contributed by atoms with Gasteiger partial charge in [-0.3, -0.25) is 19.0 Å². The van der Waals surface area contributed by atoms with Crippen LogP contribution in [0.4, 0.5) is 0 Å². The molecule has 0 radical (unpaired) electrons. The largest absolute Gasteiger partial charge is 0.328 e. The Morgan fingerprint density at radius 2 is 2.11 bits per heavy atom. The van der Waals surface area contributed by atoms with Crippen LogP contribution in [0.25, 0.3) is 0 Å². The average molecular weight is 374 g/mol. The van der Waals surface area contributed by atoms with Crippen LogP contribution < -0.4 is 11.2 Å². The first kappa shape index (κ1) is 14.0. The van der Waals surface area contributed by atoms with Crippen molar-refractivity contribution in [3.63, 3.8) is 0 Å². The highest BCUT2D eigenvalue weighted by Crippen LogP contribution is 2.07. The summed E-state index contributed by atoms with van der Waals surface area (Å²) in [6, 6.07) is 1.99. The van der Waals surface area contributed by atoms with Crippen molar-refractivity contribution < 1.29 is 0 Å². The van der Waals surface area contributed by atoms with Gasteiger partial charge in [-0.15, -0.1) is 0 Å². The van der Waals surface area contributed by atoms with Gasteiger partial charge < -0.3 is 0 Å². The fourth-order valence-electron chi connectivity index (χ4n) is 1.86. The first-order chi connectivity index (χ1) is 9.05. The van der Waals surface area contributed by atoms with E-state index in [-0.39, 0.29) is 5.56 Å². The zero-order valence-electron chi connectivity index (χ0n) is 10.8. The number of aromatic nitrogens is 4. The number of halogens is 1. The number of rotatable bonds is 4. The van der Waals surface area contributed by atoms with Crippen molar-refractivity contribution >= 4 is 22.6 Å². The minimum absolute atomic E-state index is 0.347. The summed E-state index contributed by atoms with van der Waals surface area (Å²) in [7, 11) is 0. The van der Waals surface area contributed by atoms with E-state index in [1.54, 1.807) is 6.20 Å². The molecule has 2 heterocycles. The van der Waals surface area contributed by atoms with Gasteiger partial charge in [0.15, 0.2) is 0 Å². The van der Waals surface area contributed by atoms with Gasteiger partial charge in [-0.2, -0.15) is 5.10 Å². The van der Waals surface area contributed by atoms with Crippen LogP contribution in [0.3, 0.4) is 0 Å². The summed E-state index contributed by atoms with van der Waals surface area (Å²) in [6.45, 7) is 5.22. The van der Waals surface area contributed by atoms with Crippen molar-refractivity contribution in [2.45, 2.75) is 33.4 Å². The molecule has 0 saturated heterocycles. The van der Waals surface area contributed by atoms with Crippen LogP contribution in [0.2, 0.25) is 0 Å². The standard InChI is InChI=1S/C12H15IN4O2/c1-3-8-5-9(17(4-2)15-8)6-16-7-10(13)11(18)14-12(16)19/h5,7H,3-4,6H2,1-2H3,(H,14,18,19). The third-order valence-corrected chi connectivity index (χ3v) is 3.64. The maximum absolute atomic E-state index is 11.7. The number of nitrogens with zero attached hydrogens (tertiary/aromatic N) is 3. The summed E-state index contributed by atoms with van der Waals surface area (Å²) >= 11 is 1.91. The van der Waals surface area contributed by atoms with Gasteiger partial charge in [-0.25, -0.2) is 4.79 Å². The monoisotopic (exact) mass is 374 g/mol. The molecule has 0 aliphatic rings. The molecular formula is C12H15IN4O2. The second-order valence-corrected chi connectivity index (χ2v) is 5.32. The third kappa shape index (κ3) is 2.96. The first-order valence-electron chi connectivity index (χ1n) is 6.10. The molecule has 0 bridgehead atoms. The van der Waals surface area contributed by atoms with Gasteiger partial charge in [0, 0.05) is 12.7 Å². The van der Waals surface area contributed by atoms with Gasteiger partial charge in [0.05, 0.1) is 21.5 Å². The van der Waals surface area contributed by atoms with E-state index in [9.17, 15) is 9.59 Å². The zero-order valence-corrected chi connectivity index (χ0v) is 13.0. The highest BCUT2D eigenvalue weighted by Gasteiger charge is 2.08. The number of H-pyrrole nitrogens is 1. The molecule has 2 aromatic rings. The Morgan fingerprint density at radius 1 is 1.37 bits per heavy atom. The van der Waals surface area contributed by atoms with E-state index in [0.717, 1.165) is 24.4 Å². The van der Waals surface area contributed by atoms with Gasteiger partial charge in [0.2, 0.25) is 0 Å². The van der Waals surface area contributed by atoms with E-state index >= 15 is 0 Å². The molecule has 6 nitrogen and oxygen atoms in total. The van der Waals surface area contributed by atoms with Crippen molar-refractivity contribution in [3.8, 4) is 0 Å². The minimum atomic E-state index is -0.396. The molecule has 2 rings (SSSR count). The molecule has 19 heavy (non-hydrogen) atoms.